The lowest BCUT2D eigenvalue weighted by Gasteiger charge is -2.36. The van der Waals surface area contributed by atoms with Gasteiger partial charge in [0.25, 0.3) is 11.8 Å². The molecule has 1 aliphatic carbocycles. The number of carbonyl (C=O) groups is 2. The van der Waals surface area contributed by atoms with E-state index in [1.165, 1.54) is 25.5 Å². The number of hydrogen-bond donors (Lipinski definition) is 0. The van der Waals surface area contributed by atoms with E-state index in [2.05, 4.69) is 0 Å². The van der Waals surface area contributed by atoms with Crippen LogP contribution < -0.4 is 0 Å². The lowest BCUT2D eigenvalue weighted by atomic mass is 9.97. The van der Waals surface area contributed by atoms with Gasteiger partial charge >= 0.3 is 0 Å². The van der Waals surface area contributed by atoms with E-state index in [0.29, 0.717) is 38.4 Å². The van der Waals surface area contributed by atoms with Crippen molar-refractivity contribution in [3.05, 3.63) is 24.2 Å². The van der Waals surface area contributed by atoms with Crippen LogP contribution in [0, 0.1) is 0 Å². The van der Waals surface area contributed by atoms with Crippen molar-refractivity contribution in [3.8, 4) is 0 Å². The minimum Gasteiger partial charge on any atom is -0.459 e. The molecule has 0 aromatic carbocycles. The number of rotatable bonds is 5. The fourth-order valence-electron chi connectivity index (χ4n) is 3.65. The summed E-state index contributed by atoms with van der Waals surface area (Å²) in [6, 6.07) is 3.38. The Morgan fingerprint density at radius 1 is 1.16 bits per heavy atom. The third-order valence-corrected chi connectivity index (χ3v) is 5.17. The van der Waals surface area contributed by atoms with Crippen LogP contribution in [-0.2, 0) is 9.53 Å². The summed E-state index contributed by atoms with van der Waals surface area (Å²) in [7, 11) is 0. The molecule has 0 N–H and O–H groups in total. The summed E-state index contributed by atoms with van der Waals surface area (Å²) in [5.74, 6) is 0.313. The Kier molecular flexibility index (Phi) is 6.13. The highest BCUT2D eigenvalue weighted by molar-refractivity contribution is 5.91. The Morgan fingerprint density at radius 3 is 2.44 bits per heavy atom. The summed E-state index contributed by atoms with van der Waals surface area (Å²) in [4.78, 5) is 28.7. The number of piperazine rings is 1. The van der Waals surface area contributed by atoms with Gasteiger partial charge in [0.15, 0.2) is 5.76 Å². The third-order valence-electron chi connectivity index (χ3n) is 5.17. The Balaban J connectivity index is 1.50. The second kappa shape index (κ2) is 8.52. The van der Waals surface area contributed by atoms with Gasteiger partial charge in [-0.3, -0.25) is 9.59 Å². The monoisotopic (exact) mass is 348 g/mol. The maximum Gasteiger partial charge on any atom is 0.289 e. The van der Waals surface area contributed by atoms with Crippen LogP contribution in [0.25, 0.3) is 0 Å². The topological polar surface area (TPSA) is 63.0 Å². The molecule has 138 valence electrons. The summed E-state index contributed by atoms with van der Waals surface area (Å²) in [6.45, 7) is 4.17. The molecule has 1 atom stereocenters. The highest BCUT2D eigenvalue weighted by Crippen LogP contribution is 2.23. The van der Waals surface area contributed by atoms with Crippen molar-refractivity contribution in [2.24, 2.45) is 0 Å². The van der Waals surface area contributed by atoms with E-state index in [1.54, 1.807) is 17.0 Å². The van der Waals surface area contributed by atoms with Crippen LogP contribution in [0.4, 0.5) is 0 Å². The van der Waals surface area contributed by atoms with E-state index in [-0.39, 0.29) is 24.0 Å². The molecule has 3 rings (SSSR count). The number of amides is 2. The van der Waals surface area contributed by atoms with E-state index in [9.17, 15) is 9.59 Å². The molecule has 2 amide bonds. The minimum absolute atomic E-state index is 0.0678. The molecule has 2 aliphatic rings. The molecular formula is C19H28N2O4. The Morgan fingerprint density at radius 2 is 1.84 bits per heavy atom. The van der Waals surface area contributed by atoms with Gasteiger partial charge < -0.3 is 19.0 Å². The van der Waals surface area contributed by atoms with Crippen LogP contribution in [0.15, 0.2) is 22.8 Å². The van der Waals surface area contributed by atoms with Gasteiger partial charge in [-0.05, 0) is 31.4 Å². The summed E-state index contributed by atoms with van der Waals surface area (Å²) >= 11 is 0. The van der Waals surface area contributed by atoms with E-state index in [4.69, 9.17) is 9.15 Å². The zero-order chi connectivity index (χ0) is 17.6. The normalized spacial score (nSPS) is 20.5. The molecule has 6 nitrogen and oxygen atoms in total. The molecule has 2 fully saturated rings. The molecule has 2 heterocycles. The van der Waals surface area contributed by atoms with E-state index in [1.807, 2.05) is 11.8 Å². The molecule has 25 heavy (non-hydrogen) atoms. The third kappa shape index (κ3) is 4.42. The Hall–Kier alpha value is -1.82. The van der Waals surface area contributed by atoms with Crippen LogP contribution in [0.1, 0.15) is 56.0 Å². The first-order valence-corrected chi connectivity index (χ1v) is 9.46. The quantitative estimate of drug-likeness (QED) is 0.821. The number of carbonyl (C=O) groups excluding carboxylic acids is 2. The van der Waals surface area contributed by atoms with Gasteiger partial charge in [0.2, 0.25) is 0 Å². The molecule has 0 spiro atoms. The highest BCUT2D eigenvalue weighted by Gasteiger charge is 2.31. The molecule has 6 heteroatoms. The zero-order valence-electron chi connectivity index (χ0n) is 15.0. The SMILES string of the molecule is CC[C@@H](OC1CCCCC1)C(=O)N1CCN(C(=O)c2ccco2)CC1. The summed E-state index contributed by atoms with van der Waals surface area (Å²) in [6.07, 6.45) is 7.87. The highest BCUT2D eigenvalue weighted by atomic mass is 16.5. The summed E-state index contributed by atoms with van der Waals surface area (Å²) in [5.41, 5.74) is 0. The molecule has 1 saturated carbocycles. The molecule has 0 radical (unpaired) electrons. The van der Waals surface area contributed by atoms with Crippen molar-refractivity contribution in [1.29, 1.82) is 0 Å². The van der Waals surface area contributed by atoms with Gasteiger partial charge in [-0.25, -0.2) is 0 Å². The molecule has 1 aromatic rings. The van der Waals surface area contributed by atoms with E-state index < -0.39 is 0 Å². The second-order valence-corrected chi connectivity index (χ2v) is 6.89. The zero-order valence-corrected chi connectivity index (χ0v) is 15.0. The lowest BCUT2D eigenvalue weighted by molar-refractivity contribution is -0.150. The number of furan rings is 1. The van der Waals surface area contributed by atoms with Crippen LogP contribution in [0.5, 0.6) is 0 Å². The molecule has 1 saturated heterocycles. The van der Waals surface area contributed by atoms with Crippen molar-refractivity contribution in [2.45, 2.75) is 57.7 Å². The van der Waals surface area contributed by atoms with Gasteiger partial charge in [0.05, 0.1) is 12.4 Å². The lowest BCUT2D eigenvalue weighted by Crippen LogP contribution is -2.53. The molecule has 1 aliphatic heterocycles. The first-order chi connectivity index (χ1) is 12.2. The van der Waals surface area contributed by atoms with Gasteiger partial charge in [-0.2, -0.15) is 0 Å². The maximum absolute atomic E-state index is 12.8. The van der Waals surface area contributed by atoms with Gasteiger partial charge in [-0.1, -0.05) is 26.2 Å². The molecule has 1 aromatic heterocycles. The molecule has 0 bridgehead atoms. The Bertz CT molecular complexity index is 558. The predicted octanol–water partition coefficient (Wildman–Crippen LogP) is 2.69. The van der Waals surface area contributed by atoms with Crippen molar-refractivity contribution in [1.82, 2.24) is 9.80 Å². The summed E-state index contributed by atoms with van der Waals surface area (Å²) < 4.78 is 11.3. The van der Waals surface area contributed by atoms with E-state index in [0.717, 1.165) is 12.8 Å². The van der Waals surface area contributed by atoms with Crippen molar-refractivity contribution in [2.75, 3.05) is 26.2 Å². The summed E-state index contributed by atoms with van der Waals surface area (Å²) in [5, 5.41) is 0. The van der Waals surface area contributed by atoms with Gasteiger partial charge in [-0.15, -0.1) is 0 Å². The average Bonchev–Trinajstić information content (AvgIpc) is 3.21. The van der Waals surface area contributed by atoms with Crippen molar-refractivity contribution < 1.29 is 18.7 Å². The standard InChI is InChI=1S/C19H28N2O4/c1-2-16(25-15-7-4-3-5-8-15)18(22)20-10-12-21(13-11-20)19(23)17-9-6-14-24-17/h6,9,14-16H,2-5,7-8,10-13H2,1H3/t16-/m1/s1. The largest absolute Gasteiger partial charge is 0.459 e. The molecular weight excluding hydrogens is 320 g/mol. The van der Waals surface area contributed by atoms with Crippen LogP contribution in [0.2, 0.25) is 0 Å². The van der Waals surface area contributed by atoms with Crippen molar-refractivity contribution in [3.63, 3.8) is 0 Å². The fraction of sp³-hybridized carbons (Fsp3) is 0.684. The number of hydrogen-bond acceptors (Lipinski definition) is 4. The van der Waals surface area contributed by atoms with Crippen LogP contribution in [0.3, 0.4) is 0 Å². The predicted molar refractivity (Wildman–Crippen MR) is 93.2 cm³/mol. The van der Waals surface area contributed by atoms with E-state index >= 15 is 0 Å². The van der Waals surface area contributed by atoms with Crippen LogP contribution in [-0.4, -0.2) is 60.0 Å². The van der Waals surface area contributed by atoms with Crippen molar-refractivity contribution >= 4 is 11.8 Å². The number of nitrogens with zero attached hydrogens (tertiary/aromatic N) is 2. The fourth-order valence-corrected chi connectivity index (χ4v) is 3.65. The smallest absolute Gasteiger partial charge is 0.289 e. The van der Waals surface area contributed by atoms with Crippen LogP contribution >= 0.6 is 0 Å². The number of ether oxygens (including phenoxy) is 1. The first-order valence-electron chi connectivity index (χ1n) is 9.46. The Labute approximate surface area is 149 Å². The first kappa shape index (κ1) is 18.0. The maximum atomic E-state index is 12.8. The second-order valence-electron chi connectivity index (χ2n) is 6.89. The molecule has 0 unspecified atom stereocenters. The average molecular weight is 348 g/mol. The van der Waals surface area contributed by atoms with Gasteiger partial charge in [0.1, 0.15) is 6.10 Å². The van der Waals surface area contributed by atoms with Gasteiger partial charge in [0, 0.05) is 26.2 Å². The minimum atomic E-state index is -0.351.